The summed E-state index contributed by atoms with van der Waals surface area (Å²) in [5.41, 5.74) is 0.762. The van der Waals surface area contributed by atoms with Crippen molar-refractivity contribution in [2.75, 3.05) is 50.6 Å². The summed E-state index contributed by atoms with van der Waals surface area (Å²) in [5, 5.41) is 3.26. The average Bonchev–Trinajstić information content (AvgIpc) is 2.68. The van der Waals surface area contributed by atoms with Crippen LogP contribution in [0.3, 0.4) is 0 Å². The second-order valence-electron chi connectivity index (χ2n) is 5.95. The summed E-state index contributed by atoms with van der Waals surface area (Å²) in [6, 6.07) is 7.42. The second-order valence-corrected chi connectivity index (χ2v) is 5.95. The lowest BCUT2D eigenvalue weighted by Gasteiger charge is -2.34. The summed E-state index contributed by atoms with van der Waals surface area (Å²) < 4.78 is 10.7. The number of nitrogens with zero attached hydrogens (tertiary/aromatic N) is 4. The quantitative estimate of drug-likeness (QED) is 0.875. The normalized spacial score (nSPS) is 14.1. The first-order valence-electron chi connectivity index (χ1n) is 8.42. The number of piperazine rings is 1. The van der Waals surface area contributed by atoms with Crippen LogP contribution in [-0.2, 0) is 4.79 Å². The van der Waals surface area contributed by atoms with Crippen molar-refractivity contribution in [3.05, 3.63) is 30.6 Å². The zero-order chi connectivity index (χ0) is 18.5. The molecular weight excluding hydrogens is 334 g/mol. The first-order chi connectivity index (χ1) is 12.6. The maximum Gasteiger partial charge on any atom is 0.219 e. The van der Waals surface area contributed by atoms with Gasteiger partial charge < -0.3 is 24.6 Å². The van der Waals surface area contributed by atoms with Crippen molar-refractivity contribution in [2.45, 2.75) is 6.92 Å². The minimum Gasteiger partial charge on any atom is -0.497 e. The Hall–Kier alpha value is -3.03. The van der Waals surface area contributed by atoms with Gasteiger partial charge in [-0.2, -0.15) is 0 Å². The summed E-state index contributed by atoms with van der Waals surface area (Å²) in [6.07, 6.45) is 1.53. The van der Waals surface area contributed by atoms with Crippen LogP contribution < -0.4 is 19.7 Å². The molecular formula is C18H23N5O3. The van der Waals surface area contributed by atoms with Gasteiger partial charge in [-0.1, -0.05) is 0 Å². The van der Waals surface area contributed by atoms with E-state index in [1.54, 1.807) is 21.1 Å². The van der Waals surface area contributed by atoms with E-state index in [1.807, 2.05) is 29.2 Å². The lowest BCUT2D eigenvalue weighted by Crippen LogP contribution is -2.48. The molecule has 0 radical (unpaired) electrons. The van der Waals surface area contributed by atoms with E-state index in [9.17, 15) is 4.79 Å². The van der Waals surface area contributed by atoms with Crippen LogP contribution in [0.5, 0.6) is 11.5 Å². The molecule has 26 heavy (non-hydrogen) atoms. The summed E-state index contributed by atoms with van der Waals surface area (Å²) in [7, 11) is 3.24. The fourth-order valence-electron chi connectivity index (χ4n) is 2.89. The van der Waals surface area contributed by atoms with E-state index in [2.05, 4.69) is 20.2 Å². The number of nitrogens with one attached hydrogen (secondary N) is 1. The van der Waals surface area contributed by atoms with Crippen LogP contribution >= 0.6 is 0 Å². The number of rotatable bonds is 5. The van der Waals surface area contributed by atoms with Crippen molar-refractivity contribution in [3.8, 4) is 11.5 Å². The van der Waals surface area contributed by atoms with Gasteiger partial charge in [0.1, 0.15) is 29.5 Å². The van der Waals surface area contributed by atoms with E-state index in [0.717, 1.165) is 30.3 Å². The van der Waals surface area contributed by atoms with Gasteiger partial charge in [-0.25, -0.2) is 9.97 Å². The molecule has 1 aliphatic rings. The summed E-state index contributed by atoms with van der Waals surface area (Å²) >= 11 is 0. The third-order valence-electron chi connectivity index (χ3n) is 4.37. The number of anilines is 3. The number of methoxy groups -OCH3 is 2. The highest BCUT2D eigenvalue weighted by molar-refractivity contribution is 5.73. The lowest BCUT2D eigenvalue weighted by atomic mass is 10.2. The van der Waals surface area contributed by atoms with Crippen molar-refractivity contribution < 1.29 is 14.3 Å². The molecule has 1 aromatic heterocycles. The third kappa shape index (κ3) is 3.96. The van der Waals surface area contributed by atoms with Gasteiger partial charge >= 0.3 is 0 Å². The molecule has 1 saturated heterocycles. The molecule has 2 heterocycles. The molecule has 0 atom stereocenters. The minimum atomic E-state index is 0.111. The minimum absolute atomic E-state index is 0.111. The van der Waals surface area contributed by atoms with Crippen LogP contribution in [0.15, 0.2) is 30.6 Å². The van der Waals surface area contributed by atoms with Crippen molar-refractivity contribution >= 4 is 23.2 Å². The first-order valence-corrected chi connectivity index (χ1v) is 8.42. The predicted molar refractivity (Wildman–Crippen MR) is 99.3 cm³/mol. The average molecular weight is 357 g/mol. The number of aromatic nitrogens is 2. The fraction of sp³-hybridized carbons (Fsp3) is 0.389. The number of hydrogen-bond acceptors (Lipinski definition) is 7. The Kier molecular flexibility index (Phi) is 5.40. The molecule has 1 aromatic carbocycles. The van der Waals surface area contributed by atoms with Gasteiger partial charge in [0.2, 0.25) is 5.91 Å². The van der Waals surface area contributed by atoms with Crippen molar-refractivity contribution in [1.82, 2.24) is 14.9 Å². The standard InChI is InChI=1S/C18H23N5O3/c1-13(24)22-6-8-23(9-7-22)18-11-17(19-12-20-18)21-15-10-14(25-2)4-5-16(15)26-3/h4-5,10-12H,6-9H2,1-3H3,(H,19,20,21). The van der Waals surface area contributed by atoms with Crippen LogP contribution in [0.25, 0.3) is 0 Å². The third-order valence-corrected chi connectivity index (χ3v) is 4.37. The SMILES string of the molecule is COc1ccc(OC)c(Nc2cc(N3CCN(C(C)=O)CC3)ncn2)c1. The molecule has 3 rings (SSSR count). The molecule has 138 valence electrons. The fourth-order valence-corrected chi connectivity index (χ4v) is 2.89. The van der Waals surface area contributed by atoms with E-state index >= 15 is 0 Å². The van der Waals surface area contributed by atoms with Gasteiger partial charge in [-0.3, -0.25) is 4.79 Å². The Morgan fingerprint density at radius 2 is 1.85 bits per heavy atom. The molecule has 1 N–H and O–H groups in total. The summed E-state index contributed by atoms with van der Waals surface area (Å²) in [4.78, 5) is 24.1. The Morgan fingerprint density at radius 1 is 1.08 bits per heavy atom. The van der Waals surface area contributed by atoms with Crippen molar-refractivity contribution in [3.63, 3.8) is 0 Å². The molecule has 0 saturated carbocycles. The Morgan fingerprint density at radius 3 is 2.50 bits per heavy atom. The summed E-state index contributed by atoms with van der Waals surface area (Å²) in [5.74, 6) is 3.02. The largest absolute Gasteiger partial charge is 0.497 e. The van der Waals surface area contributed by atoms with Gasteiger partial charge in [0.25, 0.3) is 0 Å². The zero-order valence-electron chi connectivity index (χ0n) is 15.2. The number of ether oxygens (including phenoxy) is 2. The second kappa shape index (κ2) is 7.90. The molecule has 1 aliphatic heterocycles. The van der Waals surface area contributed by atoms with E-state index in [0.29, 0.717) is 24.7 Å². The molecule has 2 aromatic rings. The van der Waals surface area contributed by atoms with Crippen LogP contribution in [0.2, 0.25) is 0 Å². The molecule has 1 amide bonds. The van der Waals surface area contributed by atoms with Crippen LogP contribution in [0.4, 0.5) is 17.3 Å². The van der Waals surface area contributed by atoms with Gasteiger partial charge in [-0.15, -0.1) is 0 Å². The topological polar surface area (TPSA) is 79.8 Å². The lowest BCUT2D eigenvalue weighted by molar-refractivity contribution is -0.129. The maximum atomic E-state index is 11.5. The highest BCUT2D eigenvalue weighted by Crippen LogP contribution is 2.31. The van der Waals surface area contributed by atoms with Crippen LogP contribution in [-0.4, -0.2) is 61.2 Å². The van der Waals surface area contributed by atoms with Gasteiger partial charge in [0.15, 0.2) is 0 Å². The molecule has 8 heteroatoms. The zero-order valence-corrected chi connectivity index (χ0v) is 15.2. The van der Waals surface area contributed by atoms with Crippen molar-refractivity contribution in [2.24, 2.45) is 0 Å². The van der Waals surface area contributed by atoms with E-state index < -0.39 is 0 Å². The van der Waals surface area contributed by atoms with E-state index in [4.69, 9.17) is 9.47 Å². The Bertz CT molecular complexity index is 775. The maximum absolute atomic E-state index is 11.5. The highest BCUT2D eigenvalue weighted by atomic mass is 16.5. The number of carbonyl (C=O) groups excluding carboxylic acids is 1. The van der Waals surface area contributed by atoms with Gasteiger partial charge in [0, 0.05) is 45.2 Å². The molecule has 0 unspecified atom stereocenters. The van der Waals surface area contributed by atoms with Gasteiger partial charge in [0.05, 0.1) is 19.9 Å². The number of benzene rings is 1. The van der Waals surface area contributed by atoms with Crippen LogP contribution in [0.1, 0.15) is 6.92 Å². The van der Waals surface area contributed by atoms with E-state index in [-0.39, 0.29) is 5.91 Å². The molecule has 0 bridgehead atoms. The molecule has 0 spiro atoms. The molecule has 8 nitrogen and oxygen atoms in total. The highest BCUT2D eigenvalue weighted by Gasteiger charge is 2.20. The first kappa shape index (κ1) is 17.8. The van der Waals surface area contributed by atoms with E-state index in [1.165, 1.54) is 6.33 Å². The number of hydrogen-bond donors (Lipinski definition) is 1. The Balaban J connectivity index is 1.75. The molecule has 1 fully saturated rings. The van der Waals surface area contributed by atoms with Crippen molar-refractivity contribution in [1.29, 1.82) is 0 Å². The smallest absolute Gasteiger partial charge is 0.219 e. The number of amides is 1. The number of carbonyl (C=O) groups is 1. The van der Waals surface area contributed by atoms with Gasteiger partial charge in [-0.05, 0) is 12.1 Å². The predicted octanol–water partition coefficient (Wildman–Crippen LogP) is 1.91. The van der Waals surface area contributed by atoms with Crippen LogP contribution in [0, 0.1) is 0 Å². The monoisotopic (exact) mass is 357 g/mol. The summed E-state index contributed by atoms with van der Waals surface area (Å²) in [6.45, 7) is 4.50. The molecule has 0 aliphatic carbocycles. The Labute approximate surface area is 152 Å².